The maximum Gasteiger partial charge on any atom is 0.338 e. The molecule has 208 valence electrons. The number of fused-ring (bicyclic) bond motifs is 1. The lowest BCUT2D eigenvalue weighted by molar-refractivity contribution is 0.0282. The summed E-state index contributed by atoms with van der Waals surface area (Å²) in [4.78, 5) is 50.9. The molecule has 0 spiro atoms. The summed E-state index contributed by atoms with van der Waals surface area (Å²) in [5, 5.41) is 47.2. The Morgan fingerprint density at radius 1 is 0.805 bits per heavy atom. The highest BCUT2D eigenvalue weighted by molar-refractivity contribution is 6.23. The molecule has 6 N–H and O–H groups in total. The van der Waals surface area contributed by atoms with Crippen LogP contribution in [0, 0.1) is 0 Å². The molecular weight excluding hydrogens is 532 g/mol. The number of aromatic carboxylic acids is 1. The van der Waals surface area contributed by atoms with Crippen molar-refractivity contribution >= 4 is 34.4 Å². The average Bonchev–Trinajstić information content (AvgIpc) is 3.38. The van der Waals surface area contributed by atoms with Gasteiger partial charge in [0.1, 0.15) is 28.9 Å². The van der Waals surface area contributed by atoms with Crippen molar-refractivity contribution < 1.29 is 44.3 Å². The number of carboxylic acid groups (broad SMARTS) is 1. The molecule has 1 amide bonds. The molecule has 11 nitrogen and oxygen atoms in total. The van der Waals surface area contributed by atoms with E-state index < -0.39 is 52.8 Å². The molecule has 1 saturated heterocycles. The predicted molar refractivity (Wildman–Crippen MR) is 146 cm³/mol. The van der Waals surface area contributed by atoms with Gasteiger partial charge in [0, 0.05) is 24.2 Å². The third-order valence-corrected chi connectivity index (χ3v) is 6.81. The first-order valence-electron chi connectivity index (χ1n) is 12.5. The molecule has 11 heteroatoms. The number of hydrogen-bond acceptors (Lipinski definition) is 9. The van der Waals surface area contributed by atoms with E-state index >= 15 is 0 Å². The Kier molecular flexibility index (Phi) is 7.28. The van der Waals surface area contributed by atoms with Crippen molar-refractivity contribution in [2.45, 2.75) is 12.1 Å². The Morgan fingerprint density at radius 2 is 1.49 bits per heavy atom. The zero-order valence-electron chi connectivity index (χ0n) is 21.3. The minimum atomic E-state index is -1.37. The van der Waals surface area contributed by atoms with Crippen molar-refractivity contribution in [1.82, 2.24) is 10.6 Å². The number of phenolic OH excluding ortho intramolecular Hbond substituents is 3. The number of carbonyl (C=O) groups excluding carboxylic acids is 3. The molecule has 2 atom stereocenters. The Morgan fingerprint density at radius 3 is 2.17 bits per heavy atom. The molecule has 0 aromatic heterocycles. The van der Waals surface area contributed by atoms with Crippen LogP contribution < -0.4 is 10.6 Å². The van der Waals surface area contributed by atoms with E-state index in [1.54, 1.807) is 30.3 Å². The van der Waals surface area contributed by atoms with E-state index in [4.69, 9.17) is 4.74 Å². The third-order valence-electron chi connectivity index (χ3n) is 6.81. The van der Waals surface area contributed by atoms with E-state index in [1.165, 1.54) is 30.3 Å². The number of aromatic hydroxyl groups is 3. The van der Waals surface area contributed by atoms with Crippen LogP contribution in [0.25, 0.3) is 10.8 Å². The number of nitrogens with one attached hydrogen (secondary N) is 2. The fourth-order valence-corrected chi connectivity index (χ4v) is 4.77. The number of hydrogen-bond donors (Lipinski definition) is 6. The molecule has 1 fully saturated rings. The summed E-state index contributed by atoms with van der Waals surface area (Å²) < 4.78 is 5.53. The van der Waals surface area contributed by atoms with E-state index in [0.717, 1.165) is 12.1 Å². The zero-order chi connectivity index (χ0) is 29.3. The number of esters is 1. The Balaban J connectivity index is 1.37. The van der Waals surface area contributed by atoms with Crippen LogP contribution in [0.5, 0.6) is 17.2 Å². The van der Waals surface area contributed by atoms with Gasteiger partial charge in [0.2, 0.25) is 5.78 Å². The maximum atomic E-state index is 13.5. The lowest BCUT2D eigenvalue weighted by Crippen LogP contribution is -2.44. The van der Waals surface area contributed by atoms with Crippen LogP contribution in [-0.4, -0.2) is 69.3 Å². The number of rotatable bonds is 7. The second-order valence-electron chi connectivity index (χ2n) is 9.46. The van der Waals surface area contributed by atoms with Gasteiger partial charge in [0.25, 0.3) is 5.91 Å². The maximum absolute atomic E-state index is 13.5. The SMILES string of the molecule is O=C(NC1CNCC1OC(=O)c1cc(O)c(C(=O)c2c(C(=O)O)ccc3ccccc23)c(O)c1)c1ccc(O)cc1. The molecule has 4 aromatic carbocycles. The number of ether oxygens (including phenoxy) is 1. The van der Waals surface area contributed by atoms with Gasteiger partial charge in [-0.15, -0.1) is 0 Å². The van der Waals surface area contributed by atoms with E-state index in [9.17, 15) is 39.6 Å². The van der Waals surface area contributed by atoms with Gasteiger partial charge in [-0.05, 0) is 53.2 Å². The summed E-state index contributed by atoms with van der Waals surface area (Å²) >= 11 is 0. The Hall–Kier alpha value is -5.42. The number of carboxylic acids is 1. The fraction of sp³-hybridized carbons (Fsp3) is 0.133. The Bertz CT molecular complexity index is 1680. The second kappa shape index (κ2) is 11.0. The van der Waals surface area contributed by atoms with Gasteiger partial charge in [-0.25, -0.2) is 9.59 Å². The number of ketones is 1. The highest BCUT2D eigenvalue weighted by Gasteiger charge is 2.33. The first-order chi connectivity index (χ1) is 19.6. The number of carbonyl (C=O) groups is 4. The van der Waals surface area contributed by atoms with Gasteiger partial charge < -0.3 is 35.8 Å². The summed E-state index contributed by atoms with van der Waals surface area (Å²) in [5.41, 5.74) is -1.07. The number of amides is 1. The first kappa shape index (κ1) is 27.2. The molecule has 1 aliphatic rings. The minimum Gasteiger partial charge on any atom is -0.508 e. The molecule has 0 saturated carbocycles. The highest BCUT2D eigenvalue weighted by Crippen LogP contribution is 2.35. The number of phenols is 3. The largest absolute Gasteiger partial charge is 0.508 e. The standard InChI is InChI=1S/C30H24N2O9/c33-18-8-5-16(6-9-18)28(37)32-21-13-31-14-24(21)41-30(40)17-11-22(34)26(23(35)12-17)27(36)25-19-4-2-1-3-15(19)7-10-20(25)29(38)39/h1-12,21,24,31,33-35H,13-14H2,(H,32,37)(H,38,39). The molecule has 0 bridgehead atoms. The van der Waals surface area contributed by atoms with E-state index in [-0.39, 0.29) is 29.0 Å². The summed E-state index contributed by atoms with van der Waals surface area (Å²) in [6, 6.07) is 16.3. The van der Waals surface area contributed by atoms with E-state index in [1.807, 2.05) is 0 Å². The molecule has 4 aromatic rings. The summed E-state index contributed by atoms with van der Waals surface area (Å²) in [6.07, 6.45) is -0.789. The van der Waals surface area contributed by atoms with Crippen LogP contribution in [0.4, 0.5) is 0 Å². The summed E-state index contributed by atoms with van der Waals surface area (Å²) in [7, 11) is 0. The molecular formula is C30H24N2O9. The van der Waals surface area contributed by atoms with Crippen LogP contribution >= 0.6 is 0 Å². The molecule has 0 radical (unpaired) electrons. The van der Waals surface area contributed by atoms with Gasteiger partial charge in [0.15, 0.2) is 0 Å². The van der Waals surface area contributed by atoms with Gasteiger partial charge >= 0.3 is 11.9 Å². The van der Waals surface area contributed by atoms with Gasteiger partial charge in [0.05, 0.1) is 17.2 Å². The second-order valence-corrected chi connectivity index (χ2v) is 9.46. The summed E-state index contributed by atoms with van der Waals surface area (Å²) in [6.45, 7) is 0.530. The van der Waals surface area contributed by atoms with Crippen LogP contribution in [0.3, 0.4) is 0 Å². The zero-order valence-corrected chi connectivity index (χ0v) is 21.3. The lowest BCUT2D eigenvalue weighted by atomic mass is 9.91. The van der Waals surface area contributed by atoms with E-state index in [0.29, 0.717) is 22.9 Å². The fourth-order valence-electron chi connectivity index (χ4n) is 4.77. The normalized spacial score (nSPS) is 16.3. The van der Waals surface area contributed by atoms with Crippen LogP contribution in [0.15, 0.2) is 72.8 Å². The molecule has 5 rings (SSSR count). The van der Waals surface area contributed by atoms with Crippen LogP contribution in [0.1, 0.15) is 47.0 Å². The van der Waals surface area contributed by atoms with Crippen molar-refractivity contribution in [2.24, 2.45) is 0 Å². The van der Waals surface area contributed by atoms with E-state index in [2.05, 4.69) is 10.6 Å². The van der Waals surface area contributed by atoms with Crippen LogP contribution in [0.2, 0.25) is 0 Å². The smallest absolute Gasteiger partial charge is 0.338 e. The van der Waals surface area contributed by atoms with Gasteiger partial charge in [-0.2, -0.15) is 0 Å². The Labute approximate surface area is 232 Å². The molecule has 41 heavy (non-hydrogen) atoms. The van der Waals surface area contributed by atoms with Gasteiger partial charge in [-0.3, -0.25) is 9.59 Å². The summed E-state index contributed by atoms with van der Waals surface area (Å²) in [5.74, 6) is -5.15. The minimum absolute atomic E-state index is 0.00885. The quantitative estimate of drug-likeness (QED) is 0.146. The van der Waals surface area contributed by atoms with Crippen molar-refractivity contribution in [3.63, 3.8) is 0 Å². The molecule has 0 aliphatic carbocycles. The predicted octanol–water partition coefficient (Wildman–Crippen LogP) is 2.81. The molecule has 1 heterocycles. The molecule has 2 unspecified atom stereocenters. The van der Waals surface area contributed by atoms with Gasteiger partial charge in [-0.1, -0.05) is 30.3 Å². The topological polar surface area (TPSA) is 182 Å². The molecule has 1 aliphatic heterocycles. The van der Waals surface area contributed by atoms with Crippen molar-refractivity contribution in [1.29, 1.82) is 0 Å². The van der Waals surface area contributed by atoms with Crippen molar-refractivity contribution in [3.05, 3.63) is 101 Å². The van der Waals surface area contributed by atoms with Crippen molar-refractivity contribution in [2.75, 3.05) is 13.1 Å². The number of benzene rings is 4. The lowest BCUT2D eigenvalue weighted by Gasteiger charge is -2.21. The highest BCUT2D eigenvalue weighted by atomic mass is 16.5. The average molecular weight is 557 g/mol. The van der Waals surface area contributed by atoms with Crippen molar-refractivity contribution in [3.8, 4) is 17.2 Å². The third kappa shape index (κ3) is 5.38. The monoisotopic (exact) mass is 556 g/mol. The first-order valence-corrected chi connectivity index (χ1v) is 12.5. The van der Waals surface area contributed by atoms with Crippen LogP contribution in [-0.2, 0) is 4.74 Å².